The fourth-order valence-corrected chi connectivity index (χ4v) is 10.4. The quantitative estimate of drug-likeness (QED) is 0.237. The summed E-state index contributed by atoms with van der Waals surface area (Å²) in [6, 6.07) is 20.0. The Morgan fingerprint density at radius 2 is 1.52 bits per heavy atom. The summed E-state index contributed by atoms with van der Waals surface area (Å²) in [4.78, 5) is 13.0. The molecule has 44 heavy (non-hydrogen) atoms. The van der Waals surface area contributed by atoms with Crippen LogP contribution in [0.2, 0.25) is 0 Å². The fraction of sp³-hybridized carbons (Fsp3) is 0.595. The van der Waals surface area contributed by atoms with Gasteiger partial charge < -0.3 is 4.74 Å². The van der Waals surface area contributed by atoms with E-state index in [9.17, 15) is 4.79 Å². The van der Waals surface area contributed by atoms with E-state index in [2.05, 4.69) is 82.9 Å². The van der Waals surface area contributed by atoms with Crippen molar-refractivity contribution in [2.45, 2.75) is 105 Å². The summed E-state index contributed by atoms with van der Waals surface area (Å²) in [6.45, 7) is 12.5. The zero-order chi connectivity index (χ0) is 30.9. The molecule has 9 atom stereocenters. The van der Waals surface area contributed by atoms with E-state index in [0.29, 0.717) is 34.7 Å². The third kappa shape index (κ3) is 6.06. The first kappa shape index (κ1) is 31.2. The Kier molecular flexibility index (Phi) is 9.15. The molecule has 3 fully saturated rings. The van der Waals surface area contributed by atoms with Crippen molar-refractivity contribution in [2.75, 3.05) is 0 Å². The van der Waals surface area contributed by atoms with E-state index in [4.69, 9.17) is 4.74 Å². The molecule has 2 aromatic carbocycles. The highest BCUT2D eigenvalue weighted by Crippen LogP contribution is 2.68. The standard InChI is InChI=1S/C42H54O2/c1-29(2)13-12-14-30(3)36-21-22-37-39-33(20-19-31-15-8-6-9-16-31)27-34-28-35(44-40(43)32-17-10-7-11-18-32)23-25-41(34,4)38(39)24-26-42(36,37)5/h6-11,15-18,27,29-30,34-39H,12-14,21-26,28H2,1-5H3/t30-,34+,35+,36+,37-,38-,39-,41+,42+/m1/s1. The average Bonchev–Trinajstić information content (AvgIpc) is 3.38. The van der Waals surface area contributed by atoms with Crippen LogP contribution in [0.1, 0.15) is 115 Å². The first-order valence-electron chi connectivity index (χ1n) is 17.7. The number of allylic oxidation sites excluding steroid dienone is 2. The predicted octanol–water partition coefficient (Wildman–Crippen LogP) is 10.5. The van der Waals surface area contributed by atoms with Crippen molar-refractivity contribution in [3.05, 3.63) is 83.4 Å². The molecule has 0 amide bonds. The van der Waals surface area contributed by atoms with Crippen LogP contribution < -0.4 is 0 Å². The molecular weight excluding hydrogens is 536 g/mol. The number of hydrogen-bond donors (Lipinski definition) is 0. The van der Waals surface area contributed by atoms with Crippen LogP contribution in [0.15, 0.2) is 72.3 Å². The highest BCUT2D eigenvalue weighted by molar-refractivity contribution is 5.89. The molecule has 2 nitrogen and oxygen atoms in total. The number of carbonyl (C=O) groups is 1. The second-order valence-electron chi connectivity index (χ2n) is 15.8. The maximum Gasteiger partial charge on any atom is 0.338 e. The molecule has 4 aliphatic rings. The first-order valence-corrected chi connectivity index (χ1v) is 17.7. The van der Waals surface area contributed by atoms with E-state index < -0.39 is 0 Å². The summed E-state index contributed by atoms with van der Waals surface area (Å²) in [5.41, 5.74) is 3.77. The Balaban J connectivity index is 1.29. The monoisotopic (exact) mass is 590 g/mol. The molecule has 4 aliphatic carbocycles. The molecule has 0 radical (unpaired) electrons. The SMILES string of the molecule is CC(C)CCC[C@@H](C)[C@@H]1CC[C@@H]2[C@H]3C(C#Cc4ccccc4)=C[C@H]4C[C@@H](OC(=O)c5ccccc5)CC[C@]4(C)[C@@H]3CC[C@]21C. The van der Waals surface area contributed by atoms with Gasteiger partial charge in [-0.2, -0.15) is 0 Å². The number of esters is 1. The van der Waals surface area contributed by atoms with E-state index >= 15 is 0 Å². The smallest absolute Gasteiger partial charge is 0.338 e. The van der Waals surface area contributed by atoms with Crippen molar-refractivity contribution in [1.29, 1.82) is 0 Å². The number of hydrogen-bond acceptors (Lipinski definition) is 2. The van der Waals surface area contributed by atoms with Gasteiger partial charge in [0.25, 0.3) is 0 Å². The summed E-state index contributed by atoms with van der Waals surface area (Å²) in [6.07, 6.45) is 15.0. The summed E-state index contributed by atoms with van der Waals surface area (Å²) in [5.74, 6) is 11.9. The number of ether oxygens (including phenoxy) is 1. The fourth-order valence-electron chi connectivity index (χ4n) is 10.4. The van der Waals surface area contributed by atoms with Crippen molar-refractivity contribution in [3.8, 4) is 11.8 Å². The molecule has 2 heteroatoms. The van der Waals surface area contributed by atoms with Gasteiger partial charge in [-0.3, -0.25) is 0 Å². The third-order valence-electron chi connectivity index (χ3n) is 12.8. The molecule has 0 aromatic heterocycles. The molecule has 0 N–H and O–H groups in total. The third-order valence-corrected chi connectivity index (χ3v) is 12.8. The number of rotatable bonds is 7. The molecule has 6 rings (SSSR count). The van der Waals surface area contributed by atoms with Crippen LogP contribution in [0.5, 0.6) is 0 Å². The number of benzene rings is 2. The van der Waals surface area contributed by atoms with Gasteiger partial charge in [0, 0.05) is 11.1 Å². The van der Waals surface area contributed by atoms with Gasteiger partial charge in [-0.25, -0.2) is 4.79 Å². The van der Waals surface area contributed by atoms with Gasteiger partial charge in [0.1, 0.15) is 6.10 Å². The number of fused-ring (bicyclic) bond motifs is 5. The van der Waals surface area contributed by atoms with E-state index in [-0.39, 0.29) is 17.5 Å². The van der Waals surface area contributed by atoms with Crippen molar-refractivity contribution >= 4 is 5.97 Å². The summed E-state index contributed by atoms with van der Waals surface area (Å²) < 4.78 is 6.14. The molecule has 0 bridgehead atoms. The van der Waals surface area contributed by atoms with Gasteiger partial charge in [0.2, 0.25) is 0 Å². The van der Waals surface area contributed by atoms with Crippen LogP contribution in [0.4, 0.5) is 0 Å². The Morgan fingerprint density at radius 3 is 2.25 bits per heavy atom. The van der Waals surface area contributed by atoms with Crippen molar-refractivity contribution < 1.29 is 9.53 Å². The minimum Gasteiger partial charge on any atom is -0.459 e. The Hall–Kier alpha value is -2.79. The molecule has 0 spiro atoms. The lowest BCUT2D eigenvalue weighted by Crippen LogP contribution is -2.54. The van der Waals surface area contributed by atoms with E-state index in [0.717, 1.165) is 42.6 Å². The average molecular weight is 591 g/mol. The molecular formula is C42H54O2. The van der Waals surface area contributed by atoms with Gasteiger partial charge in [-0.1, -0.05) is 108 Å². The van der Waals surface area contributed by atoms with Gasteiger partial charge in [-0.05, 0) is 121 Å². The summed E-state index contributed by atoms with van der Waals surface area (Å²) in [5, 5.41) is 0. The second kappa shape index (κ2) is 12.9. The topological polar surface area (TPSA) is 26.3 Å². The highest BCUT2D eigenvalue weighted by Gasteiger charge is 2.61. The lowest BCUT2D eigenvalue weighted by atomic mass is 9.44. The lowest BCUT2D eigenvalue weighted by Gasteiger charge is -2.60. The Labute approximate surface area is 267 Å². The van der Waals surface area contributed by atoms with Crippen LogP contribution in [-0.4, -0.2) is 12.1 Å². The van der Waals surface area contributed by atoms with Crippen LogP contribution in [-0.2, 0) is 4.74 Å². The number of carbonyl (C=O) groups excluding carboxylic acids is 1. The van der Waals surface area contributed by atoms with E-state index in [1.165, 1.54) is 50.5 Å². The molecule has 3 saturated carbocycles. The zero-order valence-electron chi connectivity index (χ0n) is 27.9. The molecule has 0 heterocycles. The highest BCUT2D eigenvalue weighted by atomic mass is 16.5. The minimum absolute atomic E-state index is 0.0340. The van der Waals surface area contributed by atoms with Crippen LogP contribution in [0, 0.1) is 64.1 Å². The molecule has 2 aromatic rings. The molecule has 0 unspecified atom stereocenters. The maximum atomic E-state index is 13.0. The van der Waals surface area contributed by atoms with Gasteiger partial charge >= 0.3 is 5.97 Å². The van der Waals surface area contributed by atoms with Gasteiger partial charge in [-0.15, -0.1) is 0 Å². The zero-order valence-corrected chi connectivity index (χ0v) is 27.9. The van der Waals surface area contributed by atoms with Crippen LogP contribution in [0.25, 0.3) is 0 Å². The van der Waals surface area contributed by atoms with E-state index in [1.807, 2.05) is 30.3 Å². The van der Waals surface area contributed by atoms with Crippen LogP contribution >= 0.6 is 0 Å². The molecule has 0 saturated heterocycles. The summed E-state index contributed by atoms with van der Waals surface area (Å²) >= 11 is 0. The lowest BCUT2D eigenvalue weighted by molar-refractivity contribution is -0.0869. The maximum absolute atomic E-state index is 13.0. The Bertz CT molecular complexity index is 1380. The van der Waals surface area contributed by atoms with Crippen molar-refractivity contribution in [3.63, 3.8) is 0 Å². The van der Waals surface area contributed by atoms with Gasteiger partial charge in [0.15, 0.2) is 0 Å². The van der Waals surface area contributed by atoms with Gasteiger partial charge in [0.05, 0.1) is 5.56 Å². The summed E-state index contributed by atoms with van der Waals surface area (Å²) in [7, 11) is 0. The molecule has 0 aliphatic heterocycles. The predicted molar refractivity (Wildman–Crippen MR) is 181 cm³/mol. The normalized spacial score (nSPS) is 34.9. The largest absolute Gasteiger partial charge is 0.459 e. The van der Waals surface area contributed by atoms with E-state index in [1.54, 1.807) is 0 Å². The van der Waals surface area contributed by atoms with Crippen molar-refractivity contribution in [2.24, 2.45) is 52.3 Å². The molecule has 234 valence electrons. The second-order valence-corrected chi connectivity index (χ2v) is 15.8. The first-order chi connectivity index (χ1) is 21.2. The minimum atomic E-state index is -0.186. The Morgan fingerprint density at radius 1 is 0.841 bits per heavy atom. The van der Waals surface area contributed by atoms with Crippen molar-refractivity contribution in [1.82, 2.24) is 0 Å². The van der Waals surface area contributed by atoms with Crippen LogP contribution in [0.3, 0.4) is 0 Å².